The highest BCUT2D eigenvalue weighted by Gasteiger charge is 2.52. The number of ether oxygens (including phenoxy) is 4. The number of rotatable bonds is 8. The Labute approximate surface area is 312 Å². The molecule has 3 heterocycles. The van der Waals surface area contributed by atoms with E-state index in [4.69, 9.17) is 18.9 Å². The van der Waals surface area contributed by atoms with Crippen LogP contribution in [0.2, 0.25) is 0 Å². The first kappa shape index (κ1) is 44.0. The predicted octanol–water partition coefficient (Wildman–Crippen LogP) is 2.75. The van der Waals surface area contributed by atoms with Gasteiger partial charge in [-0.3, -0.25) is 19.3 Å². The number of likely N-dealkylation sites (N-methyl/N-ethyl adjacent to an activating group) is 1. The third kappa shape index (κ3) is 10.2. The highest BCUT2D eigenvalue weighted by molar-refractivity contribution is 6.04. The molecule has 0 radical (unpaired) electrons. The number of cyclic esters (lactones) is 1. The van der Waals surface area contributed by atoms with Gasteiger partial charge in [0, 0.05) is 57.8 Å². The highest BCUT2D eigenvalue weighted by atomic mass is 16.7. The van der Waals surface area contributed by atoms with Gasteiger partial charge in [-0.15, -0.1) is 0 Å². The lowest BCUT2D eigenvalue weighted by atomic mass is 9.74. The molecule has 3 rings (SSSR count). The minimum atomic E-state index is -1.60. The van der Waals surface area contributed by atoms with Crippen molar-refractivity contribution in [3.63, 3.8) is 0 Å². The van der Waals surface area contributed by atoms with E-state index in [9.17, 15) is 24.3 Å². The Kier molecular flexibility index (Phi) is 15.5. The Hall–Kier alpha value is -2.36. The maximum absolute atomic E-state index is 14.5. The lowest BCUT2D eigenvalue weighted by Crippen LogP contribution is -2.60. The molecule has 0 spiro atoms. The maximum Gasteiger partial charge on any atom is 0.319 e. The minimum absolute atomic E-state index is 0.0000408. The van der Waals surface area contributed by atoms with Crippen LogP contribution in [0.4, 0.5) is 4.79 Å². The molecule has 0 aromatic heterocycles. The number of piperazine rings is 1. The van der Waals surface area contributed by atoms with Gasteiger partial charge >= 0.3 is 12.0 Å². The van der Waals surface area contributed by atoms with Crippen LogP contribution in [-0.2, 0) is 33.3 Å². The molecule has 300 valence electrons. The summed E-state index contributed by atoms with van der Waals surface area (Å²) in [7, 11) is 5.38. The van der Waals surface area contributed by atoms with Gasteiger partial charge in [0.15, 0.2) is 12.1 Å². The third-order valence-corrected chi connectivity index (χ3v) is 11.1. The molecule has 0 aromatic carbocycles. The third-order valence-electron chi connectivity index (χ3n) is 11.1. The van der Waals surface area contributed by atoms with Crippen molar-refractivity contribution in [1.29, 1.82) is 0 Å². The topological polar surface area (TPSA) is 150 Å². The zero-order valence-electron chi connectivity index (χ0n) is 34.1. The summed E-state index contributed by atoms with van der Waals surface area (Å²) in [4.78, 5) is 63.1. The molecule has 3 saturated heterocycles. The van der Waals surface area contributed by atoms with Crippen LogP contribution < -0.4 is 5.32 Å². The first-order valence-corrected chi connectivity index (χ1v) is 19.2. The first-order valence-electron chi connectivity index (χ1n) is 19.2. The molecule has 3 aliphatic heterocycles. The molecule has 3 amide bonds. The van der Waals surface area contributed by atoms with E-state index in [1.807, 2.05) is 53.6 Å². The van der Waals surface area contributed by atoms with Gasteiger partial charge in [-0.2, -0.15) is 0 Å². The van der Waals surface area contributed by atoms with Crippen LogP contribution in [0.15, 0.2) is 0 Å². The standard InChI is InChI=1S/C38H69N5O9/c1-14-15-43-22-24(4)21-38(10,49-13)32(52-34-30(44)28(40(11)12)20-25(5)50-34)26(6)31(45)37(8,9)35(47)51-27(7)29(43)33(46)41-16-18-42(19-17-41)36(48)39-23(2)3/h23-30,32,34,44H,14-22H2,1-13H3,(H,39,48)/t24-,25-,26+,27+,28+,29-,30-,32-,34+,38-/m1/s1. The first-order chi connectivity index (χ1) is 24.2. The van der Waals surface area contributed by atoms with Gasteiger partial charge in [-0.1, -0.05) is 20.8 Å². The summed E-state index contributed by atoms with van der Waals surface area (Å²) in [5, 5.41) is 14.3. The van der Waals surface area contributed by atoms with Crippen LogP contribution in [0.3, 0.4) is 0 Å². The average Bonchev–Trinajstić information content (AvgIpc) is 3.06. The summed E-state index contributed by atoms with van der Waals surface area (Å²) in [5.74, 6) is -2.26. The number of nitrogens with one attached hydrogen (secondary N) is 1. The van der Waals surface area contributed by atoms with Gasteiger partial charge in [-0.25, -0.2) is 4.79 Å². The molecule has 0 bridgehead atoms. The van der Waals surface area contributed by atoms with E-state index in [2.05, 4.69) is 17.1 Å². The van der Waals surface area contributed by atoms with Gasteiger partial charge < -0.3 is 44.1 Å². The number of hydrogen-bond acceptors (Lipinski definition) is 11. The normalized spacial score (nSPS) is 35.8. The molecular weight excluding hydrogens is 670 g/mol. The van der Waals surface area contributed by atoms with Crippen molar-refractivity contribution in [2.45, 2.75) is 143 Å². The van der Waals surface area contributed by atoms with Crippen molar-refractivity contribution in [2.75, 3.05) is 60.5 Å². The molecule has 0 aliphatic carbocycles. The summed E-state index contributed by atoms with van der Waals surface area (Å²) in [6.45, 7) is 20.8. The van der Waals surface area contributed by atoms with E-state index >= 15 is 0 Å². The van der Waals surface area contributed by atoms with Crippen LogP contribution in [-0.4, -0.2) is 163 Å². The zero-order chi connectivity index (χ0) is 39.3. The number of esters is 1. The van der Waals surface area contributed by atoms with Gasteiger partial charge in [0.05, 0.1) is 17.8 Å². The summed E-state index contributed by atoms with van der Waals surface area (Å²) in [6.07, 6.45) is -2.23. The van der Waals surface area contributed by atoms with Crippen LogP contribution in [0.5, 0.6) is 0 Å². The Bertz CT molecular complexity index is 1230. The summed E-state index contributed by atoms with van der Waals surface area (Å²) in [6, 6.07) is -1.20. The molecule has 0 aromatic rings. The van der Waals surface area contributed by atoms with Crippen molar-refractivity contribution in [3.8, 4) is 0 Å². The quantitative estimate of drug-likeness (QED) is 0.280. The van der Waals surface area contributed by atoms with Crippen LogP contribution in [0.1, 0.15) is 88.5 Å². The summed E-state index contributed by atoms with van der Waals surface area (Å²) >= 11 is 0. The van der Waals surface area contributed by atoms with Gasteiger partial charge in [0.25, 0.3) is 0 Å². The smallest absolute Gasteiger partial charge is 0.319 e. The van der Waals surface area contributed by atoms with Crippen LogP contribution >= 0.6 is 0 Å². The number of urea groups is 1. The molecule has 14 nitrogen and oxygen atoms in total. The maximum atomic E-state index is 14.5. The molecule has 52 heavy (non-hydrogen) atoms. The molecule has 3 fully saturated rings. The van der Waals surface area contributed by atoms with Crippen molar-refractivity contribution < 1.29 is 43.2 Å². The molecule has 3 aliphatic rings. The number of carbonyl (C=O) groups excluding carboxylic acids is 4. The van der Waals surface area contributed by atoms with Crippen molar-refractivity contribution in [1.82, 2.24) is 24.9 Å². The Balaban J connectivity index is 2.02. The van der Waals surface area contributed by atoms with E-state index in [0.717, 1.165) is 6.42 Å². The van der Waals surface area contributed by atoms with E-state index in [-0.39, 0.29) is 36.0 Å². The van der Waals surface area contributed by atoms with Crippen LogP contribution in [0, 0.1) is 17.3 Å². The Morgan fingerprint density at radius 2 is 1.63 bits per heavy atom. The molecule has 10 atom stereocenters. The summed E-state index contributed by atoms with van der Waals surface area (Å²) in [5.41, 5.74) is -2.66. The minimum Gasteiger partial charge on any atom is -0.460 e. The lowest BCUT2D eigenvalue weighted by Gasteiger charge is -2.47. The van der Waals surface area contributed by atoms with Crippen LogP contribution in [0.25, 0.3) is 0 Å². The molecule has 0 unspecified atom stereocenters. The second-order valence-electron chi connectivity index (χ2n) is 16.7. The van der Waals surface area contributed by atoms with Crippen molar-refractivity contribution >= 4 is 23.7 Å². The summed E-state index contributed by atoms with van der Waals surface area (Å²) < 4.78 is 25.2. The number of ketones is 1. The molecule has 0 saturated carbocycles. The Morgan fingerprint density at radius 3 is 2.17 bits per heavy atom. The van der Waals surface area contributed by atoms with E-state index in [0.29, 0.717) is 52.1 Å². The van der Waals surface area contributed by atoms with Crippen molar-refractivity contribution in [3.05, 3.63) is 0 Å². The van der Waals surface area contributed by atoms with Gasteiger partial charge in [0.2, 0.25) is 5.91 Å². The van der Waals surface area contributed by atoms with Crippen molar-refractivity contribution in [2.24, 2.45) is 17.3 Å². The molecule has 2 N–H and O–H groups in total. The lowest BCUT2D eigenvalue weighted by molar-refractivity contribution is -0.295. The number of aliphatic hydroxyl groups excluding tert-OH is 1. The largest absolute Gasteiger partial charge is 0.460 e. The number of hydrogen-bond donors (Lipinski definition) is 2. The van der Waals surface area contributed by atoms with Gasteiger partial charge in [0.1, 0.15) is 23.7 Å². The number of nitrogens with zero attached hydrogens (tertiary/aromatic N) is 4. The number of Topliss-reactive ketones (excluding diaryl/α,β-unsaturated/α-hetero) is 1. The zero-order valence-corrected chi connectivity index (χ0v) is 34.1. The molecular formula is C38H69N5O9. The Morgan fingerprint density at radius 1 is 1.04 bits per heavy atom. The fraction of sp³-hybridized carbons (Fsp3) is 0.895. The highest BCUT2D eigenvalue weighted by Crippen LogP contribution is 2.38. The second kappa shape index (κ2) is 18.3. The second-order valence-corrected chi connectivity index (χ2v) is 16.7. The predicted molar refractivity (Wildman–Crippen MR) is 197 cm³/mol. The fourth-order valence-electron chi connectivity index (χ4n) is 8.19. The SMILES string of the molecule is CCCN1C[C@H](C)C[C@@](C)(OC)[C@H](O[C@@H]2O[C@H](C)C[C@H](N(C)C)[C@H]2O)[C@@H](C)C(=O)C(C)(C)C(=O)O[C@@H](C)[C@@H]1C(=O)N1CCN(C(=O)NC(C)C)CC1. The van der Waals surface area contributed by atoms with E-state index < -0.39 is 59.3 Å². The fourth-order valence-corrected chi connectivity index (χ4v) is 8.19. The average molecular weight is 740 g/mol. The molecule has 14 heteroatoms. The number of methoxy groups -OCH3 is 1. The monoisotopic (exact) mass is 740 g/mol. The van der Waals surface area contributed by atoms with Gasteiger partial charge in [-0.05, 0) is 94.3 Å². The number of carbonyl (C=O) groups is 4. The van der Waals surface area contributed by atoms with E-state index in [1.54, 1.807) is 44.6 Å². The number of amides is 3. The number of aliphatic hydroxyl groups is 1. The van der Waals surface area contributed by atoms with E-state index in [1.165, 1.54) is 0 Å².